The number of carbonyl (C=O) groups is 2. The molecule has 0 fully saturated rings. The van der Waals surface area contributed by atoms with E-state index in [-0.39, 0.29) is 18.9 Å². The molecule has 0 bridgehead atoms. The van der Waals surface area contributed by atoms with Gasteiger partial charge in [0.15, 0.2) is 0 Å². The van der Waals surface area contributed by atoms with Crippen LogP contribution in [-0.2, 0) is 16.0 Å². The zero-order valence-corrected chi connectivity index (χ0v) is 9.93. The van der Waals surface area contributed by atoms with Crippen molar-refractivity contribution in [1.82, 2.24) is 10.3 Å². The third kappa shape index (κ3) is 4.22. The van der Waals surface area contributed by atoms with E-state index in [9.17, 15) is 9.59 Å². The lowest BCUT2D eigenvalue weighted by atomic mass is 9.94. The molecular formula is C12H16N2O3. The molecule has 5 heteroatoms. The Bertz CT molecular complexity index is 401. The van der Waals surface area contributed by atoms with E-state index < -0.39 is 11.4 Å². The summed E-state index contributed by atoms with van der Waals surface area (Å²) >= 11 is 0. The van der Waals surface area contributed by atoms with Crippen molar-refractivity contribution in [2.45, 2.75) is 20.3 Å². The zero-order valence-electron chi connectivity index (χ0n) is 9.93. The highest BCUT2D eigenvalue weighted by Gasteiger charge is 2.27. The Hall–Kier alpha value is -1.91. The number of pyridine rings is 1. The van der Waals surface area contributed by atoms with Crippen LogP contribution in [0.1, 0.15) is 19.4 Å². The van der Waals surface area contributed by atoms with E-state index in [2.05, 4.69) is 10.3 Å². The minimum absolute atomic E-state index is 0.117. The van der Waals surface area contributed by atoms with Gasteiger partial charge in [-0.05, 0) is 31.5 Å². The van der Waals surface area contributed by atoms with Crippen molar-refractivity contribution in [2.75, 3.05) is 6.54 Å². The fourth-order valence-electron chi connectivity index (χ4n) is 1.14. The monoisotopic (exact) mass is 236 g/mol. The summed E-state index contributed by atoms with van der Waals surface area (Å²) in [6, 6.07) is 3.50. The van der Waals surface area contributed by atoms with E-state index in [4.69, 9.17) is 5.11 Å². The van der Waals surface area contributed by atoms with E-state index in [1.165, 1.54) is 0 Å². The van der Waals surface area contributed by atoms with Gasteiger partial charge in [-0.1, -0.05) is 0 Å². The average molecular weight is 236 g/mol. The van der Waals surface area contributed by atoms with Crippen LogP contribution < -0.4 is 5.32 Å². The summed E-state index contributed by atoms with van der Waals surface area (Å²) in [6.07, 6.45) is 3.46. The molecular weight excluding hydrogens is 220 g/mol. The second-order valence-electron chi connectivity index (χ2n) is 4.50. The number of rotatable bonds is 5. The van der Waals surface area contributed by atoms with E-state index in [1.54, 1.807) is 38.4 Å². The Balaban J connectivity index is 2.44. The molecule has 1 aromatic rings. The van der Waals surface area contributed by atoms with Crippen molar-refractivity contribution < 1.29 is 14.7 Å². The fourth-order valence-corrected chi connectivity index (χ4v) is 1.14. The molecule has 5 nitrogen and oxygen atoms in total. The molecule has 1 rings (SSSR count). The highest BCUT2D eigenvalue weighted by molar-refractivity contribution is 5.80. The SMILES string of the molecule is CC(C)(CNC(=O)Cc1ccncc1)C(=O)O. The molecule has 0 aliphatic heterocycles. The summed E-state index contributed by atoms with van der Waals surface area (Å²) in [5, 5.41) is 11.5. The maximum absolute atomic E-state index is 11.6. The third-order valence-electron chi connectivity index (χ3n) is 2.42. The number of carboxylic acid groups (broad SMARTS) is 1. The van der Waals surface area contributed by atoms with Crippen LogP contribution in [0.3, 0.4) is 0 Å². The maximum atomic E-state index is 11.6. The normalized spacial score (nSPS) is 10.9. The van der Waals surface area contributed by atoms with Gasteiger partial charge in [0.2, 0.25) is 5.91 Å². The van der Waals surface area contributed by atoms with Crippen molar-refractivity contribution in [1.29, 1.82) is 0 Å². The second kappa shape index (κ2) is 5.43. The second-order valence-corrected chi connectivity index (χ2v) is 4.50. The first-order valence-electron chi connectivity index (χ1n) is 5.31. The smallest absolute Gasteiger partial charge is 0.310 e. The quantitative estimate of drug-likeness (QED) is 0.794. The van der Waals surface area contributed by atoms with Gasteiger partial charge in [-0.15, -0.1) is 0 Å². The largest absolute Gasteiger partial charge is 0.481 e. The number of aliphatic carboxylic acids is 1. The number of nitrogens with zero attached hydrogens (tertiary/aromatic N) is 1. The predicted octanol–water partition coefficient (Wildman–Crippen LogP) is 0.851. The Morgan fingerprint density at radius 2 is 1.94 bits per heavy atom. The van der Waals surface area contributed by atoms with E-state index in [0.717, 1.165) is 5.56 Å². The lowest BCUT2D eigenvalue weighted by molar-refractivity contribution is -0.146. The number of hydrogen-bond acceptors (Lipinski definition) is 3. The van der Waals surface area contributed by atoms with Crippen molar-refractivity contribution in [2.24, 2.45) is 5.41 Å². The third-order valence-corrected chi connectivity index (χ3v) is 2.42. The number of hydrogen-bond donors (Lipinski definition) is 2. The van der Waals surface area contributed by atoms with Crippen LogP contribution in [0.4, 0.5) is 0 Å². The molecule has 0 aliphatic carbocycles. The molecule has 0 radical (unpaired) electrons. The minimum Gasteiger partial charge on any atom is -0.481 e. The molecule has 17 heavy (non-hydrogen) atoms. The topological polar surface area (TPSA) is 79.3 Å². The van der Waals surface area contributed by atoms with Crippen LogP contribution in [0.25, 0.3) is 0 Å². The number of carbonyl (C=O) groups excluding carboxylic acids is 1. The van der Waals surface area contributed by atoms with Gasteiger partial charge in [0, 0.05) is 18.9 Å². The van der Waals surface area contributed by atoms with Crippen LogP contribution in [0, 0.1) is 5.41 Å². The molecule has 2 N–H and O–H groups in total. The van der Waals surface area contributed by atoms with Gasteiger partial charge in [-0.3, -0.25) is 14.6 Å². The highest BCUT2D eigenvalue weighted by atomic mass is 16.4. The molecule has 0 saturated carbocycles. The Morgan fingerprint density at radius 3 is 2.47 bits per heavy atom. The Morgan fingerprint density at radius 1 is 1.35 bits per heavy atom. The van der Waals surface area contributed by atoms with Crippen LogP contribution in [0.15, 0.2) is 24.5 Å². The molecule has 1 amide bonds. The summed E-state index contributed by atoms with van der Waals surface area (Å²) in [5.41, 5.74) is -0.0981. The predicted molar refractivity (Wildman–Crippen MR) is 62.4 cm³/mol. The van der Waals surface area contributed by atoms with Gasteiger partial charge in [0.1, 0.15) is 0 Å². The molecule has 0 unspecified atom stereocenters. The van der Waals surface area contributed by atoms with E-state index in [0.29, 0.717) is 0 Å². The van der Waals surface area contributed by atoms with E-state index in [1.807, 2.05) is 0 Å². The first-order chi connectivity index (χ1) is 7.92. The number of amides is 1. The molecule has 1 heterocycles. The van der Waals surface area contributed by atoms with Crippen molar-refractivity contribution in [3.63, 3.8) is 0 Å². The molecule has 1 aromatic heterocycles. The Labute approximate surface area is 99.9 Å². The lowest BCUT2D eigenvalue weighted by Gasteiger charge is -2.19. The summed E-state index contributed by atoms with van der Waals surface area (Å²) in [7, 11) is 0. The standard InChI is InChI=1S/C12H16N2O3/c1-12(2,11(16)17)8-14-10(15)7-9-3-5-13-6-4-9/h3-6H,7-8H2,1-2H3,(H,14,15)(H,16,17). The average Bonchev–Trinajstić information content (AvgIpc) is 2.28. The van der Waals surface area contributed by atoms with Crippen molar-refractivity contribution >= 4 is 11.9 Å². The Kier molecular flexibility index (Phi) is 4.20. The minimum atomic E-state index is -0.950. The number of aromatic nitrogens is 1. The molecule has 0 saturated heterocycles. The van der Waals surface area contributed by atoms with Crippen molar-refractivity contribution in [3.05, 3.63) is 30.1 Å². The summed E-state index contributed by atoms with van der Waals surface area (Å²) in [6.45, 7) is 3.26. The fraction of sp³-hybridized carbons (Fsp3) is 0.417. The first kappa shape index (κ1) is 13.2. The van der Waals surface area contributed by atoms with Gasteiger partial charge in [-0.2, -0.15) is 0 Å². The maximum Gasteiger partial charge on any atom is 0.310 e. The molecule has 0 atom stereocenters. The van der Waals surface area contributed by atoms with Gasteiger partial charge < -0.3 is 10.4 Å². The lowest BCUT2D eigenvalue weighted by Crippen LogP contribution is -2.39. The summed E-state index contributed by atoms with van der Waals surface area (Å²) < 4.78 is 0. The highest BCUT2D eigenvalue weighted by Crippen LogP contribution is 2.13. The van der Waals surface area contributed by atoms with Crippen molar-refractivity contribution in [3.8, 4) is 0 Å². The molecule has 0 aliphatic rings. The van der Waals surface area contributed by atoms with Crippen LogP contribution >= 0.6 is 0 Å². The van der Waals surface area contributed by atoms with Crippen LogP contribution in [-0.4, -0.2) is 28.5 Å². The molecule has 0 spiro atoms. The number of carboxylic acids is 1. The summed E-state index contributed by atoms with van der Waals surface area (Å²) in [4.78, 5) is 26.2. The number of nitrogens with one attached hydrogen (secondary N) is 1. The van der Waals surface area contributed by atoms with Gasteiger partial charge >= 0.3 is 5.97 Å². The van der Waals surface area contributed by atoms with Gasteiger partial charge in [0.05, 0.1) is 11.8 Å². The van der Waals surface area contributed by atoms with Crippen LogP contribution in [0.2, 0.25) is 0 Å². The molecule has 92 valence electrons. The first-order valence-corrected chi connectivity index (χ1v) is 5.31. The van der Waals surface area contributed by atoms with E-state index >= 15 is 0 Å². The zero-order chi connectivity index (χ0) is 12.9. The van der Waals surface area contributed by atoms with Gasteiger partial charge in [0.25, 0.3) is 0 Å². The van der Waals surface area contributed by atoms with Crippen LogP contribution in [0.5, 0.6) is 0 Å². The molecule has 0 aromatic carbocycles. The summed E-state index contributed by atoms with van der Waals surface area (Å²) in [5.74, 6) is -1.12. The van der Waals surface area contributed by atoms with Gasteiger partial charge in [-0.25, -0.2) is 0 Å².